The number of carbonyl (C=O) groups excluding carboxylic acids is 1. The standard InChI is InChI=1S/C16H16N4O2/c1-2-22-16(21)9-13-10-20-15(18-13)8-7-14(19-20)11-3-5-12(17)6-4-11/h3-8,10H,2,9,17H2,1H3. The lowest BCUT2D eigenvalue weighted by atomic mass is 10.1. The first-order valence-corrected chi connectivity index (χ1v) is 7.02. The summed E-state index contributed by atoms with van der Waals surface area (Å²) in [5.41, 5.74) is 9.52. The van der Waals surface area contributed by atoms with Crippen molar-refractivity contribution >= 4 is 17.3 Å². The molecule has 0 saturated heterocycles. The molecule has 0 fully saturated rings. The van der Waals surface area contributed by atoms with E-state index >= 15 is 0 Å². The number of fused-ring (bicyclic) bond motifs is 1. The third-order valence-electron chi connectivity index (χ3n) is 3.21. The van der Waals surface area contributed by atoms with Gasteiger partial charge in [0.15, 0.2) is 5.65 Å². The van der Waals surface area contributed by atoms with Gasteiger partial charge in [0.05, 0.1) is 30.6 Å². The Morgan fingerprint density at radius 3 is 2.73 bits per heavy atom. The zero-order valence-electron chi connectivity index (χ0n) is 12.2. The first-order valence-electron chi connectivity index (χ1n) is 7.02. The summed E-state index contributed by atoms with van der Waals surface area (Å²) in [5.74, 6) is -0.287. The second-order valence-electron chi connectivity index (χ2n) is 4.86. The number of rotatable bonds is 4. The summed E-state index contributed by atoms with van der Waals surface area (Å²) in [6.45, 7) is 2.15. The normalized spacial score (nSPS) is 10.8. The first kappa shape index (κ1) is 14.1. The molecule has 2 N–H and O–H groups in total. The topological polar surface area (TPSA) is 82.5 Å². The maximum Gasteiger partial charge on any atom is 0.311 e. The molecule has 0 saturated carbocycles. The highest BCUT2D eigenvalue weighted by molar-refractivity contribution is 5.72. The molecule has 2 aromatic heterocycles. The van der Waals surface area contributed by atoms with E-state index < -0.39 is 0 Å². The summed E-state index contributed by atoms with van der Waals surface area (Å²) < 4.78 is 6.59. The van der Waals surface area contributed by atoms with Crippen LogP contribution < -0.4 is 5.73 Å². The molecule has 6 heteroatoms. The number of hydrogen-bond donors (Lipinski definition) is 1. The Labute approximate surface area is 127 Å². The number of anilines is 1. The van der Waals surface area contributed by atoms with Crippen LogP contribution in [-0.2, 0) is 16.0 Å². The number of benzene rings is 1. The van der Waals surface area contributed by atoms with E-state index in [0.29, 0.717) is 23.6 Å². The highest BCUT2D eigenvalue weighted by Crippen LogP contribution is 2.19. The van der Waals surface area contributed by atoms with Crippen molar-refractivity contribution in [2.75, 3.05) is 12.3 Å². The number of nitrogens with two attached hydrogens (primary N) is 1. The molecule has 22 heavy (non-hydrogen) atoms. The van der Waals surface area contributed by atoms with Crippen LogP contribution >= 0.6 is 0 Å². The van der Waals surface area contributed by atoms with Crippen molar-refractivity contribution < 1.29 is 9.53 Å². The molecule has 2 heterocycles. The summed E-state index contributed by atoms with van der Waals surface area (Å²) in [6.07, 6.45) is 1.89. The van der Waals surface area contributed by atoms with Crippen molar-refractivity contribution in [1.29, 1.82) is 0 Å². The van der Waals surface area contributed by atoms with Gasteiger partial charge in [-0.1, -0.05) is 12.1 Å². The highest BCUT2D eigenvalue weighted by Gasteiger charge is 2.09. The Balaban J connectivity index is 1.90. The van der Waals surface area contributed by atoms with Crippen molar-refractivity contribution in [3.8, 4) is 11.3 Å². The summed E-state index contributed by atoms with van der Waals surface area (Å²) in [6, 6.07) is 11.3. The maximum absolute atomic E-state index is 11.5. The van der Waals surface area contributed by atoms with Crippen molar-refractivity contribution in [1.82, 2.24) is 14.6 Å². The van der Waals surface area contributed by atoms with Gasteiger partial charge in [0.25, 0.3) is 0 Å². The molecular weight excluding hydrogens is 280 g/mol. The number of imidazole rings is 1. The molecule has 3 aromatic rings. The maximum atomic E-state index is 11.5. The molecule has 1 aromatic carbocycles. The minimum absolute atomic E-state index is 0.147. The van der Waals surface area contributed by atoms with E-state index in [1.165, 1.54) is 0 Å². The number of aromatic nitrogens is 3. The molecule has 0 radical (unpaired) electrons. The summed E-state index contributed by atoms with van der Waals surface area (Å²) in [4.78, 5) is 15.9. The van der Waals surface area contributed by atoms with E-state index in [0.717, 1.165) is 11.3 Å². The molecule has 0 amide bonds. The Morgan fingerprint density at radius 1 is 1.23 bits per heavy atom. The summed E-state index contributed by atoms with van der Waals surface area (Å²) in [7, 11) is 0. The van der Waals surface area contributed by atoms with Crippen LogP contribution in [0.2, 0.25) is 0 Å². The molecule has 112 valence electrons. The van der Waals surface area contributed by atoms with Crippen LogP contribution in [-0.4, -0.2) is 27.2 Å². The van der Waals surface area contributed by atoms with Crippen LogP contribution in [0.25, 0.3) is 16.9 Å². The molecule has 0 aliphatic carbocycles. The van der Waals surface area contributed by atoms with Gasteiger partial charge in [-0.25, -0.2) is 9.50 Å². The van der Waals surface area contributed by atoms with Crippen LogP contribution in [0.1, 0.15) is 12.6 Å². The quantitative estimate of drug-likeness (QED) is 0.589. The van der Waals surface area contributed by atoms with Gasteiger partial charge in [-0.2, -0.15) is 5.10 Å². The Hall–Kier alpha value is -2.89. The number of esters is 1. The number of ether oxygens (including phenoxy) is 1. The lowest BCUT2D eigenvalue weighted by Crippen LogP contribution is -2.07. The van der Waals surface area contributed by atoms with E-state index in [9.17, 15) is 4.79 Å². The predicted octanol–water partition coefficient (Wildman–Crippen LogP) is 2.08. The molecule has 0 atom stereocenters. The van der Waals surface area contributed by atoms with Crippen LogP contribution in [0.4, 0.5) is 5.69 Å². The Morgan fingerprint density at radius 2 is 2.00 bits per heavy atom. The largest absolute Gasteiger partial charge is 0.466 e. The van der Waals surface area contributed by atoms with Crippen molar-refractivity contribution in [3.05, 3.63) is 48.3 Å². The fraction of sp³-hybridized carbons (Fsp3) is 0.188. The van der Waals surface area contributed by atoms with E-state index in [2.05, 4.69) is 10.1 Å². The monoisotopic (exact) mass is 296 g/mol. The zero-order valence-corrected chi connectivity index (χ0v) is 12.2. The van der Waals surface area contributed by atoms with Gasteiger partial charge in [0.1, 0.15) is 0 Å². The van der Waals surface area contributed by atoms with Gasteiger partial charge < -0.3 is 10.5 Å². The Kier molecular flexibility index (Phi) is 3.74. The van der Waals surface area contributed by atoms with E-state index in [-0.39, 0.29) is 12.4 Å². The molecule has 3 rings (SSSR count). The van der Waals surface area contributed by atoms with Crippen molar-refractivity contribution in [3.63, 3.8) is 0 Å². The van der Waals surface area contributed by atoms with Crippen LogP contribution in [0.3, 0.4) is 0 Å². The van der Waals surface area contributed by atoms with Gasteiger partial charge in [-0.15, -0.1) is 0 Å². The third-order valence-corrected chi connectivity index (χ3v) is 3.21. The lowest BCUT2D eigenvalue weighted by molar-refractivity contribution is -0.142. The fourth-order valence-electron chi connectivity index (χ4n) is 2.18. The molecular formula is C16H16N4O2. The van der Waals surface area contributed by atoms with E-state index in [1.807, 2.05) is 36.4 Å². The second-order valence-corrected chi connectivity index (χ2v) is 4.86. The van der Waals surface area contributed by atoms with E-state index in [1.54, 1.807) is 17.6 Å². The van der Waals surface area contributed by atoms with Crippen molar-refractivity contribution in [2.45, 2.75) is 13.3 Å². The smallest absolute Gasteiger partial charge is 0.311 e. The molecule has 0 spiro atoms. The van der Waals surface area contributed by atoms with Gasteiger partial charge >= 0.3 is 5.97 Å². The first-order chi connectivity index (χ1) is 10.7. The van der Waals surface area contributed by atoms with Gasteiger partial charge in [0.2, 0.25) is 0 Å². The van der Waals surface area contributed by atoms with Gasteiger partial charge in [0, 0.05) is 11.3 Å². The zero-order chi connectivity index (χ0) is 15.5. The van der Waals surface area contributed by atoms with Crippen LogP contribution in [0, 0.1) is 0 Å². The average Bonchev–Trinajstić information content (AvgIpc) is 2.89. The van der Waals surface area contributed by atoms with Crippen molar-refractivity contribution in [2.24, 2.45) is 0 Å². The van der Waals surface area contributed by atoms with Gasteiger partial charge in [-0.3, -0.25) is 4.79 Å². The molecule has 6 nitrogen and oxygen atoms in total. The molecule has 0 aliphatic rings. The number of carbonyl (C=O) groups is 1. The Bertz CT molecular complexity index is 809. The molecule has 0 bridgehead atoms. The second kappa shape index (κ2) is 5.85. The molecule has 0 aliphatic heterocycles. The average molecular weight is 296 g/mol. The van der Waals surface area contributed by atoms with Crippen LogP contribution in [0.15, 0.2) is 42.6 Å². The fourth-order valence-corrected chi connectivity index (χ4v) is 2.18. The summed E-state index contributed by atoms with van der Waals surface area (Å²) in [5, 5.41) is 4.51. The van der Waals surface area contributed by atoms with Gasteiger partial charge in [-0.05, 0) is 31.2 Å². The predicted molar refractivity (Wildman–Crippen MR) is 83.2 cm³/mol. The van der Waals surface area contributed by atoms with Crippen LogP contribution in [0.5, 0.6) is 0 Å². The highest BCUT2D eigenvalue weighted by atomic mass is 16.5. The minimum Gasteiger partial charge on any atom is -0.466 e. The summed E-state index contributed by atoms with van der Waals surface area (Å²) >= 11 is 0. The third kappa shape index (κ3) is 2.90. The number of hydrogen-bond acceptors (Lipinski definition) is 5. The SMILES string of the molecule is CCOC(=O)Cc1cn2nc(-c3ccc(N)cc3)ccc2n1. The lowest BCUT2D eigenvalue weighted by Gasteiger charge is -2.01. The van der Waals surface area contributed by atoms with E-state index in [4.69, 9.17) is 10.5 Å². The minimum atomic E-state index is -0.287. The number of nitrogen functional groups attached to an aromatic ring is 1. The molecule has 0 unspecified atom stereocenters. The number of nitrogens with zero attached hydrogens (tertiary/aromatic N) is 3.